The second-order valence-electron chi connectivity index (χ2n) is 7.65. The summed E-state index contributed by atoms with van der Waals surface area (Å²) in [5, 5.41) is 0. The topological polar surface area (TPSA) is 149 Å². The Morgan fingerprint density at radius 3 is 2.32 bits per heavy atom. The highest BCUT2D eigenvalue weighted by Gasteiger charge is 2.62. The Morgan fingerprint density at radius 1 is 1.16 bits per heavy atom. The van der Waals surface area contributed by atoms with Crippen LogP contribution in [-0.2, 0) is 38.1 Å². The molecule has 1 aromatic rings. The first-order valence-corrected chi connectivity index (χ1v) is 13.2. The lowest BCUT2D eigenvalue weighted by molar-refractivity contribution is -0.153. The van der Waals surface area contributed by atoms with Crippen LogP contribution in [0.25, 0.3) is 0 Å². The third-order valence-corrected chi connectivity index (χ3v) is 5.98. The average Bonchev–Trinajstić information content (AvgIpc) is 3.12. The van der Waals surface area contributed by atoms with Crippen molar-refractivity contribution < 1.29 is 39.4 Å². The zero-order valence-electron chi connectivity index (χ0n) is 17.6. The molecule has 1 unspecified atom stereocenters. The summed E-state index contributed by atoms with van der Waals surface area (Å²) in [5.41, 5.74) is -1.73. The predicted molar refractivity (Wildman–Crippen MR) is 107 cm³/mol. The fourth-order valence-corrected chi connectivity index (χ4v) is 4.22. The summed E-state index contributed by atoms with van der Waals surface area (Å²) in [6, 6.07) is 0.0244. The van der Waals surface area contributed by atoms with E-state index in [1.165, 1.54) is 10.8 Å². The lowest BCUT2D eigenvalue weighted by atomic mass is 9.96. The number of unbranched alkanes of at least 4 members (excludes halogenated alkanes) is 1. The second-order valence-corrected chi connectivity index (χ2v) is 10.9. The second kappa shape index (κ2) is 8.75. The molecule has 12 nitrogen and oxygen atoms in total. The summed E-state index contributed by atoms with van der Waals surface area (Å²) >= 11 is 0. The first kappa shape index (κ1) is 24.1. The zero-order chi connectivity index (χ0) is 23.0. The van der Waals surface area contributed by atoms with E-state index in [1.807, 2.05) is 6.92 Å². The first-order valence-electron chi connectivity index (χ1n) is 9.60. The highest BCUT2D eigenvalue weighted by atomic mass is 32.2. The molecule has 1 saturated heterocycles. The number of aryl methyl sites for hydroxylation is 1. The van der Waals surface area contributed by atoms with E-state index in [1.54, 1.807) is 6.92 Å². The van der Waals surface area contributed by atoms with Gasteiger partial charge in [-0.1, -0.05) is 13.3 Å². The van der Waals surface area contributed by atoms with Crippen LogP contribution in [0.5, 0.6) is 6.01 Å². The van der Waals surface area contributed by atoms with Crippen LogP contribution in [0.2, 0.25) is 0 Å². The Bertz CT molecular complexity index is 1050. The van der Waals surface area contributed by atoms with Crippen LogP contribution >= 0.6 is 0 Å². The minimum atomic E-state index is -3.89. The third-order valence-electron chi connectivity index (χ3n) is 4.89. The van der Waals surface area contributed by atoms with Crippen molar-refractivity contribution in [1.82, 2.24) is 9.55 Å². The normalized spacial score (nSPS) is 24.6. The molecule has 0 saturated carbocycles. The highest BCUT2D eigenvalue weighted by molar-refractivity contribution is 7.86. The first-order chi connectivity index (χ1) is 14.4. The molecule has 0 radical (unpaired) electrons. The number of hydrogen-bond donors (Lipinski definition) is 0. The van der Waals surface area contributed by atoms with Crippen molar-refractivity contribution in [3.8, 4) is 6.01 Å². The maximum Gasteiger partial charge on any atom is 0.302 e. The molecule has 0 spiro atoms. The van der Waals surface area contributed by atoms with Crippen LogP contribution in [0.4, 0.5) is 0 Å². The Labute approximate surface area is 180 Å². The largest absolute Gasteiger partial charge is 0.453 e. The lowest BCUT2D eigenvalue weighted by Crippen LogP contribution is -2.53. The molecule has 0 bridgehead atoms. The lowest BCUT2D eigenvalue weighted by Gasteiger charge is -2.34. The molecular formula is C17H26N2O10S2. The van der Waals surface area contributed by atoms with Crippen LogP contribution in [0.15, 0.2) is 11.0 Å². The van der Waals surface area contributed by atoms with Crippen molar-refractivity contribution >= 4 is 20.2 Å². The number of aromatic nitrogens is 2. The smallest absolute Gasteiger partial charge is 0.302 e. The van der Waals surface area contributed by atoms with Crippen LogP contribution in [0, 0.1) is 6.92 Å². The van der Waals surface area contributed by atoms with Crippen molar-refractivity contribution in [1.29, 1.82) is 0 Å². The Hall–Kier alpha value is -1.58. The molecule has 0 amide bonds. The molecule has 3 atom stereocenters. The van der Waals surface area contributed by atoms with E-state index >= 15 is 0 Å². The van der Waals surface area contributed by atoms with Crippen LogP contribution in [0.3, 0.4) is 0 Å². The van der Waals surface area contributed by atoms with Crippen molar-refractivity contribution in [2.75, 3.05) is 32.3 Å². The molecule has 14 heteroatoms. The van der Waals surface area contributed by atoms with Crippen molar-refractivity contribution in [3.63, 3.8) is 0 Å². The Morgan fingerprint density at radius 2 is 1.77 bits per heavy atom. The number of nitrogens with zero attached hydrogens (tertiary/aromatic N) is 2. The van der Waals surface area contributed by atoms with Gasteiger partial charge in [0, 0.05) is 18.4 Å². The van der Waals surface area contributed by atoms with Gasteiger partial charge in [0.1, 0.15) is 19.3 Å². The fourth-order valence-electron chi connectivity index (χ4n) is 3.39. The molecule has 3 rings (SSSR count). The van der Waals surface area contributed by atoms with E-state index in [2.05, 4.69) is 4.98 Å². The molecule has 2 aliphatic heterocycles. The van der Waals surface area contributed by atoms with Crippen molar-refractivity contribution in [2.45, 2.75) is 50.7 Å². The van der Waals surface area contributed by atoms with Gasteiger partial charge in [0.05, 0.1) is 12.5 Å². The standard InChI is InChI=1S/C17H26N2O10S2/c1-5-6-7-25-13-12-15(19-8-11(2)14(20)18-16(19)28-12)29-17(13,9-26-30(3,21)22)10-27-31(4,23)24/h8,12-13,15H,5-7,9-10H2,1-4H3/t12-,13?,15+/m0/s1. The minimum absolute atomic E-state index is 0.0244. The minimum Gasteiger partial charge on any atom is -0.453 e. The maximum absolute atomic E-state index is 11.9. The predicted octanol–water partition coefficient (Wildman–Crippen LogP) is -0.282. The molecule has 0 N–H and O–H groups in total. The number of ether oxygens (including phenoxy) is 3. The van der Waals surface area contributed by atoms with Crippen LogP contribution in [-0.4, -0.2) is 76.5 Å². The summed E-state index contributed by atoms with van der Waals surface area (Å²) in [6.07, 6.45) is 2.08. The van der Waals surface area contributed by atoms with E-state index in [-0.39, 0.29) is 12.6 Å². The van der Waals surface area contributed by atoms with Crippen LogP contribution < -0.4 is 10.3 Å². The Balaban J connectivity index is 2.01. The molecule has 176 valence electrons. The van der Waals surface area contributed by atoms with Gasteiger partial charge in [-0.2, -0.15) is 21.8 Å². The van der Waals surface area contributed by atoms with Crippen molar-refractivity contribution in [3.05, 3.63) is 22.1 Å². The van der Waals surface area contributed by atoms with E-state index in [0.717, 1.165) is 18.9 Å². The summed E-state index contributed by atoms with van der Waals surface area (Å²) in [5.74, 6) is 0. The maximum atomic E-state index is 11.9. The summed E-state index contributed by atoms with van der Waals surface area (Å²) < 4.78 is 76.0. The van der Waals surface area contributed by atoms with Gasteiger partial charge in [0.25, 0.3) is 25.8 Å². The van der Waals surface area contributed by atoms with Crippen LogP contribution in [0.1, 0.15) is 31.6 Å². The molecule has 0 aliphatic carbocycles. The monoisotopic (exact) mass is 482 g/mol. The number of hydrogen-bond acceptors (Lipinski definition) is 11. The van der Waals surface area contributed by atoms with Gasteiger partial charge >= 0.3 is 6.01 Å². The van der Waals surface area contributed by atoms with Gasteiger partial charge in [0.2, 0.25) is 0 Å². The van der Waals surface area contributed by atoms with Gasteiger partial charge in [-0.3, -0.25) is 17.7 Å². The Kier molecular flexibility index (Phi) is 6.79. The summed E-state index contributed by atoms with van der Waals surface area (Å²) in [6.45, 7) is 2.70. The van der Waals surface area contributed by atoms with E-state index in [4.69, 9.17) is 22.6 Å². The number of rotatable bonds is 10. The molecule has 3 heterocycles. The summed E-state index contributed by atoms with van der Waals surface area (Å²) in [7, 11) is -7.78. The van der Waals surface area contributed by atoms with E-state index < -0.39 is 63.0 Å². The average molecular weight is 483 g/mol. The molecule has 1 fully saturated rings. The third kappa shape index (κ3) is 5.43. The molecule has 31 heavy (non-hydrogen) atoms. The number of fused-ring (bicyclic) bond motifs is 3. The SMILES string of the molecule is CCCCOC1[C@@H]2Oc3nc(=O)c(C)cn3[C@@H]2OC1(COS(C)(=O)=O)COS(C)(=O)=O. The summed E-state index contributed by atoms with van der Waals surface area (Å²) in [4.78, 5) is 15.8. The van der Waals surface area contributed by atoms with Gasteiger partial charge in [-0.05, 0) is 13.3 Å². The van der Waals surface area contributed by atoms with E-state index in [0.29, 0.717) is 12.0 Å². The van der Waals surface area contributed by atoms with Gasteiger partial charge in [0.15, 0.2) is 17.9 Å². The van der Waals surface area contributed by atoms with Gasteiger partial charge in [-0.25, -0.2) is 0 Å². The molecular weight excluding hydrogens is 456 g/mol. The molecule has 0 aromatic carbocycles. The quantitative estimate of drug-likeness (QED) is 0.320. The molecule has 1 aromatic heterocycles. The van der Waals surface area contributed by atoms with Gasteiger partial charge < -0.3 is 14.2 Å². The highest BCUT2D eigenvalue weighted by Crippen LogP contribution is 2.46. The molecule has 2 aliphatic rings. The van der Waals surface area contributed by atoms with E-state index in [9.17, 15) is 21.6 Å². The zero-order valence-corrected chi connectivity index (χ0v) is 19.3. The van der Waals surface area contributed by atoms with Gasteiger partial charge in [-0.15, -0.1) is 0 Å². The fraction of sp³-hybridized carbons (Fsp3) is 0.765. The van der Waals surface area contributed by atoms with Crippen molar-refractivity contribution in [2.24, 2.45) is 0 Å².